The first-order chi connectivity index (χ1) is 13.5. The number of amides is 1. The Balaban J connectivity index is 0.00000225. The molecule has 1 aliphatic heterocycles. The van der Waals surface area contributed by atoms with Crippen LogP contribution in [0.2, 0.25) is 0 Å². The number of amidine groups is 1. The number of nitrogens with zero attached hydrogens (tertiary/aromatic N) is 2. The van der Waals surface area contributed by atoms with E-state index in [1.165, 1.54) is 7.11 Å². The lowest BCUT2D eigenvalue weighted by molar-refractivity contribution is -0.142. The molecule has 1 heterocycles. The number of carbonyl (C=O) groups is 2. The molecular formula is C21H26Cl2N4O3. The Morgan fingerprint density at radius 3 is 1.80 bits per heavy atom. The first-order valence-electron chi connectivity index (χ1n) is 9.11. The predicted octanol–water partition coefficient (Wildman–Crippen LogP) is 2.41. The highest BCUT2D eigenvalue weighted by atomic mass is 35.5. The minimum atomic E-state index is -0.258. The van der Waals surface area contributed by atoms with Gasteiger partial charge in [-0.05, 0) is 23.3 Å². The van der Waals surface area contributed by atoms with Gasteiger partial charge in [0.05, 0.1) is 13.7 Å². The lowest BCUT2D eigenvalue weighted by atomic mass is 10.0. The van der Waals surface area contributed by atoms with Crippen molar-refractivity contribution >= 4 is 42.5 Å². The highest BCUT2D eigenvalue weighted by Gasteiger charge is 2.23. The summed E-state index contributed by atoms with van der Waals surface area (Å²) in [4.78, 5) is 27.9. The lowest BCUT2D eigenvalue weighted by Crippen LogP contribution is -2.50. The van der Waals surface area contributed by atoms with Crippen LogP contribution in [0.15, 0.2) is 48.5 Å². The molecule has 0 atom stereocenters. The molecule has 2 aromatic rings. The van der Waals surface area contributed by atoms with E-state index in [4.69, 9.17) is 11.1 Å². The molecule has 1 fully saturated rings. The van der Waals surface area contributed by atoms with E-state index in [9.17, 15) is 9.59 Å². The number of benzene rings is 2. The number of hydrogen-bond acceptors (Lipinski definition) is 5. The van der Waals surface area contributed by atoms with Gasteiger partial charge in [-0.1, -0.05) is 36.4 Å². The highest BCUT2D eigenvalue weighted by Crippen LogP contribution is 2.21. The van der Waals surface area contributed by atoms with Crippen molar-refractivity contribution < 1.29 is 14.3 Å². The minimum absolute atomic E-state index is 0. The van der Waals surface area contributed by atoms with E-state index in [1.807, 2.05) is 58.3 Å². The summed E-state index contributed by atoms with van der Waals surface area (Å²) >= 11 is 0. The molecule has 0 aliphatic carbocycles. The van der Waals surface area contributed by atoms with Crippen LogP contribution in [-0.2, 0) is 9.53 Å². The SMILES string of the molecule is COC(=O)CN1CCN(C(=O)c2ccc(-c3ccc(C(=N)N)cc3)cc2)CC1.Cl.Cl. The van der Waals surface area contributed by atoms with Gasteiger partial charge in [0.1, 0.15) is 5.84 Å². The van der Waals surface area contributed by atoms with Crippen LogP contribution in [0.25, 0.3) is 11.1 Å². The summed E-state index contributed by atoms with van der Waals surface area (Å²) < 4.78 is 4.68. The number of nitrogens with two attached hydrogens (primary N) is 1. The zero-order chi connectivity index (χ0) is 20.1. The van der Waals surface area contributed by atoms with E-state index in [0.717, 1.165) is 11.1 Å². The van der Waals surface area contributed by atoms with Gasteiger partial charge >= 0.3 is 5.97 Å². The first kappa shape index (κ1) is 25.4. The molecule has 1 aliphatic rings. The van der Waals surface area contributed by atoms with E-state index >= 15 is 0 Å². The summed E-state index contributed by atoms with van der Waals surface area (Å²) in [5, 5.41) is 7.45. The number of nitrogens with one attached hydrogen (secondary N) is 1. The molecule has 30 heavy (non-hydrogen) atoms. The van der Waals surface area contributed by atoms with Gasteiger partial charge in [-0.15, -0.1) is 24.8 Å². The van der Waals surface area contributed by atoms with Crippen LogP contribution in [0.4, 0.5) is 0 Å². The maximum atomic E-state index is 12.7. The standard InChI is InChI=1S/C21H24N4O3.2ClH/c1-28-19(26)14-24-10-12-25(13-11-24)21(27)18-8-4-16(5-9-18)15-2-6-17(7-3-15)20(22)23;;/h2-9H,10-14H2,1H3,(H3,22,23);2*1H. The van der Waals surface area contributed by atoms with Gasteiger partial charge in [-0.3, -0.25) is 19.9 Å². The number of esters is 1. The number of rotatable bonds is 5. The van der Waals surface area contributed by atoms with Crippen LogP contribution in [0, 0.1) is 5.41 Å². The Hall–Kier alpha value is -2.61. The monoisotopic (exact) mass is 452 g/mol. The topological polar surface area (TPSA) is 99.7 Å². The van der Waals surface area contributed by atoms with E-state index < -0.39 is 0 Å². The van der Waals surface area contributed by atoms with Crippen LogP contribution in [0.3, 0.4) is 0 Å². The average molecular weight is 453 g/mol. The fraction of sp³-hybridized carbons (Fsp3) is 0.286. The molecule has 0 spiro atoms. The summed E-state index contributed by atoms with van der Waals surface area (Å²) in [7, 11) is 1.38. The number of nitrogen functional groups attached to an aromatic ring is 1. The smallest absolute Gasteiger partial charge is 0.319 e. The second kappa shape index (κ2) is 11.5. The van der Waals surface area contributed by atoms with Gasteiger partial charge in [-0.25, -0.2) is 0 Å². The highest BCUT2D eigenvalue weighted by molar-refractivity contribution is 5.96. The van der Waals surface area contributed by atoms with Crippen molar-refractivity contribution in [3.05, 3.63) is 59.7 Å². The number of methoxy groups -OCH3 is 1. The van der Waals surface area contributed by atoms with Crippen molar-refractivity contribution in [3.63, 3.8) is 0 Å². The first-order valence-corrected chi connectivity index (χ1v) is 9.11. The van der Waals surface area contributed by atoms with Gasteiger partial charge in [0.15, 0.2) is 0 Å². The Morgan fingerprint density at radius 2 is 1.37 bits per heavy atom. The molecule has 7 nitrogen and oxygen atoms in total. The van der Waals surface area contributed by atoms with Crippen molar-refractivity contribution in [2.24, 2.45) is 5.73 Å². The fourth-order valence-electron chi connectivity index (χ4n) is 3.19. The second-order valence-electron chi connectivity index (χ2n) is 6.71. The Bertz CT molecular complexity index is 865. The van der Waals surface area contributed by atoms with Crippen molar-refractivity contribution in [2.45, 2.75) is 0 Å². The van der Waals surface area contributed by atoms with E-state index in [0.29, 0.717) is 37.3 Å². The number of hydrogen-bond donors (Lipinski definition) is 2. The van der Waals surface area contributed by atoms with Gasteiger partial charge in [-0.2, -0.15) is 0 Å². The molecule has 0 bridgehead atoms. The summed E-state index contributed by atoms with van der Waals surface area (Å²) in [5.74, 6) is -0.220. The van der Waals surface area contributed by atoms with E-state index in [-0.39, 0.29) is 49.1 Å². The largest absolute Gasteiger partial charge is 0.468 e. The molecule has 0 unspecified atom stereocenters. The third kappa shape index (κ3) is 6.19. The van der Waals surface area contributed by atoms with E-state index in [2.05, 4.69) is 4.74 Å². The number of ether oxygens (including phenoxy) is 1. The Labute approximate surface area is 188 Å². The molecule has 0 aromatic heterocycles. The normalized spacial score (nSPS) is 13.6. The number of piperazine rings is 1. The molecule has 3 N–H and O–H groups in total. The van der Waals surface area contributed by atoms with Crippen LogP contribution >= 0.6 is 24.8 Å². The van der Waals surface area contributed by atoms with Gasteiger partial charge in [0.25, 0.3) is 5.91 Å². The average Bonchev–Trinajstić information content (AvgIpc) is 2.74. The Morgan fingerprint density at radius 1 is 0.900 bits per heavy atom. The molecule has 1 amide bonds. The third-order valence-electron chi connectivity index (χ3n) is 4.90. The second-order valence-corrected chi connectivity index (χ2v) is 6.71. The molecule has 9 heteroatoms. The van der Waals surface area contributed by atoms with Gasteiger partial charge < -0.3 is 15.4 Å². The van der Waals surface area contributed by atoms with Crippen LogP contribution in [0.1, 0.15) is 15.9 Å². The van der Waals surface area contributed by atoms with Crippen LogP contribution in [-0.4, -0.2) is 67.3 Å². The molecule has 162 valence electrons. The van der Waals surface area contributed by atoms with Crippen molar-refractivity contribution in [2.75, 3.05) is 39.8 Å². The number of halogens is 2. The molecule has 1 saturated heterocycles. The molecule has 3 rings (SSSR count). The van der Waals surface area contributed by atoms with Gasteiger partial charge in [0, 0.05) is 37.3 Å². The molecule has 0 radical (unpaired) electrons. The quantitative estimate of drug-likeness (QED) is 0.412. The Kier molecular flexibility index (Phi) is 9.78. The lowest BCUT2D eigenvalue weighted by Gasteiger charge is -2.34. The number of carbonyl (C=O) groups excluding carboxylic acids is 2. The van der Waals surface area contributed by atoms with Crippen LogP contribution < -0.4 is 5.73 Å². The summed E-state index contributed by atoms with van der Waals surface area (Å²) in [6.07, 6.45) is 0. The van der Waals surface area contributed by atoms with Gasteiger partial charge in [0.2, 0.25) is 0 Å². The van der Waals surface area contributed by atoms with Crippen molar-refractivity contribution in [1.29, 1.82) is 5.41 Å². The summed E-state index contributed by atoms with van der Waals surface area (Å²) in [5.41, 5.74) is 8.80. The maximum Gasteiger partial charge on any atom is 0.319 e. The van der Waals surface area contributed by atoms with E-state index in [1.54, 1.807) is 0 Å². The predicted molar refractivity (Wildman–Crippen MR) is 122 cm³/mol. The molecular weight excluding hydrogens is 427 g/mol. The zero-order valence-corrected chi connectivity index (χ0v) is 18.3. The fourth-order valence-corrected chi connectivity index (χ4v) is 3.19. The van der Waals surface area contributed by atoms with Crippen LogP contribution in [0.5, 0.6) is 0 Å². The zero-order valence-electron chi connectivity index (χ0n) is 16.7. The summed E-state index contributed by atoms with van der Waals surface area (Å²) in [6.45, 7) is 2.74. The molecule has 2 aromatic carbocycles. The third-order valence-corrected chi connectivity index (χ3v) is 4.90. The molecule has 0 saturated carbocycles. The van der Waals surface area contributed by atoms with Crippen molar-refractivity contribution in [1.82, 2.24) is 9.80 Å². The minimum Gasteiger partial charge on any atom is -0.468 e. The summed E-state index contributed by atoms with van der Waals surface area (Å²) in [6, 6.07) is 14.9. The maximum absolute atomic E-state index is 12.7. The van der Waals surface area contributed by atoms with Crippen molar-refractivity contribution in [3.8, 4) is 11.1 Å².